The van der Waals surface area contributed by atoms with Crippen LogP contribution in [0.15, 0.2) is 24.3 Å². The van der Waals surface area contributed by atoms with Crippen LogP contribution in [0, 0.1) is 6.92 Å². The minimum atomic E-state index is -0.452. The van der Waals surface area contributed by atoms with Gasteiger partial charge in [0, 0.05) is 22.7 Å². The molecule has 23 heavy (non-hydrogen) atoms. The fourth-order valence-electron chi connectivity index (χ4n) is 2.44. The average Bonchev–Trinajstić information content (AvgIpc) is 3.08. The van der Waals surface area contributed by atoms with Crippen LogP contribution < -0.4 is 10.6 Å². The topological polar surface area (TPSA) is 71.1 Å². The molecule has 1 unspecified atom stereocenters. The van der Waals surface area contributed by atoms with E-state index in [4.69, 9.17) is 11.6 Å². The molecule has 1 aromatic carbocycles. The molecular weight excluding hydrogens is 334 g/mol. The monoisotopic (exact) mass is 349 g/mol. The van der Waals surface area contributed by atoms with E-state index in [1.165, 1.54) is 11.3 Å². The number of aromatic nitrogens is 1. The van der Waals surface area contributed by atoms with Crippen LogP contribution in [0.5, 0.6) is 0 Å². The zero-order valence-electron chi connectivity index (χ0n) is 12.6. The Balaban J connectivity index is 1.67. The van der Waals surface area contributed by atoms with E-state index in [-0.39, 0.29) is 11.8 Å². The SMILES string of the molecule is Cc1nc(NC(=O)C2CCC(=O)N2)sc1Cc1ccc(Cl)cc1. The van der Waals surface area contributed by atoms with Gasteiger partial charge in [-0.25, -0.2) is 4.98 Å². The van der Waals surface area contributed by atoms with Gasteiger partial charge in [0.15, 0.2) is 5.13 Å². The summed E-state index contributed by atoms with van der Waals surface area (Å²) in [6.07, 6.45) is 1.68. The minimum absolute atomic E-state index is 0.0797. The molecule has 0 spiro atoms. The normalized spacial score (nSPS) is 17.1. The van der Waals surface area contributed by atoms with Crippen LogP contribution in [0.2, 0.25) is 5.02 Å². The molecule has 2 aromatic rings. The summed E-state index contributed by atoms with van der Waals surface area (Å²) in [6.45, 7) is 1.93. The lowest BCUT2D eigenvalue weighted by atomic mass is 10.1. The van der Waals surface area contributed by atoms with E-state index in [2.05, 4.69) is 15.6 Å². The fraction of sp³-hybridized carbons (Fsp3) is 0.312. The van der Waals surface area contributed by atoms with Crippen LogP contribution >= 0.6 is 22.9 Å². The Hall–Kier alpha value is -1.92. The van der Waals surface area contributed by atoms with Crippen molar-refractivity contribution in [3.8, 4) is 0 Å². The van der Waals surface area contributed by atoms with Crippen molar-refractivity contribution in [2.75, 3.05) is 5.32 Å². The molecule has 5 nitrogen and oxygen atoms in total. The number of nitrogens with zero attached hydrogens (tertiary/aromatic N) is 1. The smallest absolute Gasteiger partial charge is 0.248 e. The lowest BCUT2D eigenvalue weighted by Crippen LogP contribution is -2.37. The lowest BCUT2D eigenvalue weighted by Gasteiger charge is -2.08. The Morgan fingerprint density at radius 3 is 2.83 bits per heavy atom. The molecule has 1 aromatic heterocycles. The first-order valence-corrected chi connectivity index (χ1v) is 8.51. The van der Waals surface area contributed by atoms with Crippen molar-refractivity contribution >= 4 is 39.9 Å². The van der Waals surface area contributed by atoms with Gasteiger partial charge in [-0.2, -0.15) is 0 Å². The molecule has 2 heterocycles. The number of benzene rings is 1. The first kappa shape index (κ1) is 16.0. The summed E-state index contributed by atoms with van der Waals surface area (Å²) < 4.78 is 0. The number of aryl methyl sites for hydroxylation is 1. The molecule has 7 heteroatoms. The summed E-state index contributed by atoms with van der Waals surface area (Å²) in [6, 6.07) is 7.23. The number of halogens is 1. The summed E-state index contributed by atoms with van der Waals surface area (Å²) in [4.78, 5) is 28.8. The third-order valence-electron chi connectivity index (χ3n) is 3.71. The van der Waals surface area contributed by atoms with E-state index in [1.807, 2.05) is 31.2 Å². The van der Waals surface area contributed by atoms with E-state index in [0.29, 0.717) is 23.0 Å². The van der Waals surface area contributed by atoms with E-state index >= 15 is 0 Å². The molecule has 120 valence electrons. The molecule has 2 N–H and O–H groups in total. The summed E-state index contributed by atoms with van der Waals surface area (Å²) in [5, 5.41) is 6.72. The standard InChI is InChI=1S/C16H16ClN3O2S/c1-9-13(8-10-2-4-11(17)5-3-10)23-16(18-9)20-15(22)12-6-7-14(21)19-12/h2-5,12H,6-8H2,1H3,(H,19,21)(H,18,20,22). The predicted molar refractivity (Wildman–Crippen MR) is 90.9 cm³/mol. The number of thiazole rings is 1. The second kappa shape index (κ2) is 6.68. The summed E-state index contributed by atoms with van der Waals surface area (Å²) in [5.74, 6) is -0.286. The number of rotatable bonds is 4. The number of hydrogen-bond acceptors (Lipinski definition) is 4. The molecule has 1 aliphatic heterocycles. The van der Waals surface area contributed by atoms with Crippen LogP contribution in [-0.2, 0) is 16.0 Å². The maximum atomic E-state index is 12.1. The highest BCUT2D eigenvalue weighted by Gasteiger charge is 2.27. The second-order valence-electron chi connectivity index (χ2n) is 5.48. The van der Waals surface area contributed by atoms with E-state index in [9.17, 15) is 9.59 Å². The number of carbonyl (C=O) groups excluding carboxylic acids is 2. The number of hydrogen-bond donors (Lipinski definition) is 2. The molecule has 0 radical (unpaired) electrons. The Morgan fingerprint density at radius 1 is 1.43 bits per heavy atom. The average molecular weight is 350 g/mol. The molecule has 0 bridgehead atoms. The molecule has 1 saturated heterocycles. The molecule has 0 aliphatic carbocycles. The summed E-state index contributed by atoms with van der Waals surface area (Å²) >= 11 is 7.35. The summed E-state index contributed by atoms with van der Waals surface area (Å²) in [5.41, 5.74) is 2.04. The van der Waals surface area contributed by atoms with Crippen LogP contribution in [0.25, 0.3) is 0 Å². The van der Waals surface area contributed by atoms with Gasteiger partial charge in [-0.1, -0.05) is 23.7 Å². The molecular formula is C16H16ClN3O2S. The van der Waals surface area contributed by atoms with E-state index in [0.717, 1.165) is 22.6 Å². The molecule has 2 amide bonds. The van der Waals surface area contributed by atoms with E-state index < -0.39 is 6.04 Å². The quantitative estimate of drug-likeness (QED) is 0.891. The zero-order chi connectivity index (χ0) is 16.4. The second-order valence-corrected chi connectivity index (χ2v) is 7.00. The first-order chi connectivity index (χ1) is 11.0. The van der Waals surface area contributed by atoms with Gasteiger partial charge >= 0.3 is 0 Å². The van der Waals surface area contributed by atoms with Gasteiger partial charge in [-0.15, -0.1) is 11.3 Å². The van der Waals surface area contributed by atoms with Crippen molar-refractivity contribution in [3.63, 3.8) is 0 Å². The van der Waals surface area contributed by atoms with Crippen molar-refractivity contribution in [1.29, 1.82) is 0 Å². The van der Waals surface area contributed by atoms with Gasteiger partial charge in [0.25, 0.3) is 0 Å². The van der Waals surface area contributed by atoms with Crippen LogP contribution in [0.1, 0.15) is 29.0 Å². The Kier molecular flexibility index (Phi) is 4.63. The molecule has 1 aliphatic rings. The Morgan fingerprint density at radius 2 is 2.17 bits per heavy atom. The highest BCUT2D eigenvalue weighted by Crippen LogP contribution is 2.26. The molecule has 3 rings (SSSR count). The van der Waals surface area contributed by atoms with E-state index in [1.54, 1.807) is 0 Å². The highest BCUT2D eigenvalue weighted by molar-refractivity contribution is 7.15. The number of anilines is 1. The molecule has 0 saturated carbocycles. The third-order valence-corrected chi connectivity index (χ3v) is 5.04. The molecule has 1 fully saturated rings. The fourth-order valence-corrected chi connectivity index (χ4v) is 3.56. The number of amides is 2. The van der Waals surface area contributed by atoms with Crippen LogP contribution in [0.4, 0.5) is 5.13 Å². The van der Waals surface area contributed by atoms with Crippen LogP contribution in [0.3, 0.4) is 0 Å². The van der Waals surface area contributed by atoms with Crippen molar-refractivity contribution in [2.45, 2.75) is 32.2 Å². The van der Waals surface area contributed by atoms with Crippen molar-refractivity contribution in [1.82, 2.24) is 10.3 Å². The lowest BCUT2D eigenvalue weighted by molar-refractivity contribution is -0.122. The van der Waals surface area contributed by atoms with Crippen molar-refractivity contribution < 1.29 is 9.59 Å². The van der Waals surface area contributed by atoms with Gasteiger partial charge in [0.2, 0.25) is 11.8 Å². The minimum Gasteiger partial charge on any atom is -0.344 e. The van der Waals surface area contributed by atoms with Gasteiger partial charge in [-0.05, 0) is 31.0 Å². The molecule has 1 atom stereocenters. The van der Waals surface area contributed by atoms with Gasteiger partial charge in [0.1, 0.15) is 6.04 Å². The maximum Gasteiger partial charge on any atom is 0.248 e. The van der Waals surface area contributed by atoms with Gasteiger partial charge < -0.3 is 10.6 Å². The third kappa shape index (κ3) is 3.89. The largest absolute Gasteiger partial charge is 0.344 e. The summed E-state index contributed by atoms with van der Waals surface area (Å²) in [7, 11) is 0. The van der Waals surface area contributed by atoms with Gasteiger partial charge in [-0.3, -0.25) is 9.59 Å². The number of nitrogens with one attached hydrogen (secondary N) is 2. The van der Waals surface area contributed by atoms with Crippen molar-refractivity contribution in [2.24, 2.45) is 0 Å². The van der Waals surface area contributed by atoms with Gasteiger partial charge in [0.05, 0.1) is 5.69 Å². The highest BCUT2D eigenvalue weighted by atomic mass is 35.5. The first-order valence-electron chi connectivity index (χ1n) is 7.32. The van der Waals surface area contributed by atoms with Crippen molar-refractivity contribution in [3.05, 3.63) is 45.4 Å². The predicted octanol–water partition coefficient (Wildman–Crippen LogP) is 2.91. The number of carbonyl (C=O) groups is 2. The van der Waals surface area contributed by atoms with Crippen LogP contribution in [-0.4, -0.2) is 22.8 Å². The Labute approximate surface area is 143 Å². The Bertz CT molecular complexity index is 742. The maximum absolute atomic E-state index is 12.1. The zero-order valence-corrected chi connectivity index (χ0v) is 14.1.